The van der Waals surface area contributed by atoms with E-state index in [-0.39, 0.29) is 22.1 Å². The molecule has 0 saturated heterocycles. The van der Waals surface area contributed by atoms with Crippen LogP contribution in [0.3, 0.4) is 0 Å². The second kappa shape index (κ2) is 7.91. The van der Waals surface area contributed by atoms with E-state index in [9.17, 15) is 13.2 Å². The van der Waals surface area contributed by atoms with E-state index in [1.807, 2.05) is 13.8 Å². The summed E-state index contributed by atoms with van der Waals surface area (Å²) in [6, 6.07) is 2.96. The van der Waals surface area contributed by atoms with Crippen molar-refractivity contribution in [1.29, 1.82) is 0 Å². The van der Waals surface area contributed by atoms with Crippen molar-refractivity contribution < 1.29 is 13.2 Å². The fourth-order valence-electron chi connectivity index (χ4n) is 2.09. The maximum Gasteiger partial charge on any atom is 0.247 e. The number of amides is 1. The maximum absolute atomic E-state index is 12.2. The van der Waals surface area contributed by atoms with E-state index in [0.717, 1.165) is 41.9 Å². The van der Waals surface area contributed by atoms with E-state index < -0.39 is 10.0 Å². The Bertz CT molecular complexity index is 567. The Morgan fingerprint density at radius 2 is 2.05 bits per heavy atom. The quantitative estimate of drug-likeness (QED) is 0.767. The summed E-state index contributed by atoms with van der Waals surface area (Å²) in [6.45, 7) is 5.96. The van der Waals surface area contributed by atoms with Crippen LogP contribution >= 0.6 is 11.3 Å². The molecule has 0 aliphatic carbocycles. The number of thiophene rings is 1. The minimum atomic E-state index is -3.67. The molecule has 1 amide bonds. The number of carbonyl (C=O) groups is 1. The van der Waals surface area contributed by atoms with Gasteiger partial charge >= 0.3 is 0 Å². The lowest BCUT2D eigenvalue weighted by atomic mass is 9.98. The van der Waals surface area contributed by atoms with Gasteiger partial charge in [0.05, 0.1) is 6.04 Å². The van der Waals surface area contributed by atoms with Gasteiger partial charge in [-0.05, 0) is 31.9 Å². The normalized spacial score (nSPS) is 14.7. The Labute approximate surface area is 131 Å². The van der Waals surface area contributed by atoms with Crippen molar-refractivity contribution >= 4 is 27.3 Å². The van der Waals surface area contributed by atoms with Crippen molar-refractivity contribution in [3.05, 3.63) is 17.0 Å². The van der Waals surface area contributed by atoms with Gasteiger partial charge in [-0.25, -0.2) is 13.6 Å². The van der Waals surface area contributed by atoms with Gasteiger partial charge < -0.3 is 5.32 Å². The summed E-state index contributed by atoms with van der Waals surface area (Å²) in [5.41, 5.74) is 0. The first-order valence-electron chi connectivity index (χ1n) is 7.22. The first kappa shape index (κ1) is 18.1. The summed E-state index contributed by atoms with van der Waals surface area (Å²) in [4.78, 5) is 13.0. The summed E-state index contributed by atoms with van der Waals surface area (Å²) in [5.74, 6) is 0.0501. The molecule has 0 saturated carbocycles. The fourth-order valence-corrected chi connectivity index (χ4v) is 3.84. The van der Waals surface area contributed by atoms with Crippen LogP contribution in [0.2, 0.25) is 0 Å². The maximum atomic E-state index is 12.2. The first-order valence-corrected chi connectivity index (χ1v) is 9.58. The second-order valence-corrected chi connectivity index (χ2v) is 8.08. The van der Waals surface area contributed by atoms with E-state index in [1.165, 1.54) is 6.07 Å². The number of nitrogens with one attached hydrogen (secondary N) is 1. The highest BCUT2D eigenvalue weighted by molar-refractivity contribution is 7.91. The lowest BCUT2D eigenvalue weighted by molar-refractivity contribution is -0.126. The molecule has 3 N–H and O–H groups in total. The van der Waals surface area contributed by atoms with Crippen molar-refractivity contribution in [2.75, 3.05) is 0 Å². The molecular formula is C14H24N2O3S2. The number of hydrogen-bond acceptors (Lipinski definition) is 4. The Hall–Kier alpha value is -0.920. The molecule has 0 spiro atoms. The number of primary sulfonamides is 1. The molecule has 0 fully saturated rings. The molecule has 0 aliphatic rings. The van der Waals surface area contributed by atoms with Gasteiger partial charge in [0.1, 0.15) is 4.21 Å². The molecule has 1 aromatic rings. The Morgan fingerprint density at radius 3 is 2.52 bits per heavy atom. The molecule has 0 radical (unpaired) electrons. The molecule has 120 valence electrons. The lowest BCUT2D eigenvalue weighted by Gasteiger charge is -2.18. The van der Waals surface area contributed by atoms with Crippen LogP contribution in [0.15, 0.2) is 16.3 Å². The smallest absolute Gasteiger partial charge is 0.247 e. The molecule has 0 aromatic carbocycles. The molecule has 5 nitrogen and oxygen atoms in total. The van der Waals surface area contributed by atoms with Gasteiger partial charge in [-0.2, -0.15) is 0 Å². The zero-order valence-electron chi connectivity index (χ0n) is 12.8. The topological polar surface area (TPSA) is 89.3 Å². The van der Waals surface area contributed by atoms with Crippen molar-refractivity contribution in [3.8, 4) is 0 Å². The van der Waals surface area contributed by atoms with E-state index in [0.29, 0.717) is 0 Å². The number of nitrogens with two attached hydrogens (primary N) is 1. The molecule has 2 atom stereocenters. The summed E-state index contributed by atoms with van der Waals surface area (Å²) in [7, 11) is -3.67. The van der Waals surface area contributed by atoms with Gasteiger partial charge in [-0.3, -0.25) is 4.79 Å². The van der Waals surface area contributed by atoms with Crippen LogP contribution < -0.4 is 10.5 Å². The van der Waals surface area contributed by atoms with Gasteiger partial charge in [-0.1, -0.05) is 26.7 Å². The van der Waals surface area contributed by atoms with Crippen LogP contribution in [-0.4, -0.2) is 14.3 Å². The summed E-state index contributed by atoms with van der Waals surface area (Å²) in [6.07, 6.45) is 3.81. The minimum Gasteiger partial charge on any atom is -0.349 e. The van der Waals surface area contributed by atoms with Crippen LogP contribution in [0.4, 0.5) is 0 Å². The van der Waals surface area contributed by atoms with Crippen LogP contribution in [0.5, 0.6) is 0 Å². The molecule has 21 heavy (non-hydrogen) atoms. The molecule has 1 aromatic heterocycles. The number of hydrogen-bond donors (Lipinski definition) is 2. The second-order valence-electron chi connectivity index (χ2n) is 5.18. The highest BCUT2D eigenvalue weighted by atomic mass is 32.2. The molecular weight excluding hydrogens is 308 g/mol. The third-order valence-electron chi connectivity index (χ3n) is 3.44. The van der Waals surface area contributed by atoms with Crippen LogP contribution in [0.25, 0.3) is 0 Å². The van der Waals surface area contributed by atoms with Gasteiger partial charge in [0, 0.05) is 10.8 Å². The van der Waals surface area contributed by atoms with Crippen LogP contribution in [0, 0.1) is 5.92 Å². The molecule has 2 unspecified atom stereocenters. The van der Waals surface area contributed by atoms with E-state index in [4.69, 9.17) is 5.14 Å². The highest BCUT2D eigenvalue weighted by Gasteiger charge is 2.20. The van der Waals surface area contributed by atoms with Crippen LogP contribution in [-0.2, 0) is 14.8 Å². The number of sulfonamides is 1. The Balaban J connectivity index is 2.69. The number of carbonyl (C=O) groups excluding carboxylic acids is 1. The Kier molecular flexibility index (Phi) is 6.83. The molecule has 1 heterocycles. The van der Waals surface area contributed by atoms with Gasteiger partial charge in [0.2, 0.25) is 15.9 Å². The molecule has 1 rings (SSSR count). The third-order valence-corrected chi connectivity index (χ3v) is 6.14. The van der Waals surface area contributed by atoms with Crippen molar-refractivity contribution in [2.24, 2.45) is 11.1 Å². The lowest BCUT2D eigenvalue weighted by Crippen LogP contribution is -2.32. The van der Waals surface area contributed by atoms with Gasteiger partial charge in [0.15, 0.2) is 0 Å². The zero-order valence-corrected chi connectivity index (χ0v) is 14.4. The summed E-state index contributed by atoms with van der Waals surface area (Å²) in [5, 5.41) is 8.05. The minimum absolute atomic E-state index is 0.0186. The van der Waals surface area contributed by atoms with Crippen LogP contribution in [0.1, 0.15) is 57.4 Å². The molecule has 7 heteroatoms. The average Bonchev–Trinajstić information content (AvgIpc) is 2.89. The zero-order chi connectivity index (χ0) is 16.0. The summed E-state index contributed by atoms with van der Waals surface area (Å²) >= 11 is 1.10. The standard InChI is InChI=1S/C14H24N2O3S2/c1-4-6-7-11(5-2)14(17)16-10(3)12-8-9-13(20-12)21(15,18)19/h8-11H,4-7H2,1-3H3,(H,16,17)(H2,15,18,19). The predicted molar refractivity (Wildman–Crippen MR) is 85.6 cm³/mol. The first-order chi connectivity index (χ1) is 9.79. The predicted octanol–water partition coefficient (Wildman–Crippen LogP) is 2.79. The number of rotatable bonds is 8. The monoisotopic (exact) mass is 332 g/mol. The van der Waals surface area contributed by atoms with Crippen molar-refractivity contribution in [1.82, 2.24) is 5.32 Å². The van der Waals surface area contributed by atoms with E-state index in [2.05, 4.69) is 12.2 Å². The average molecular weight is 332 g/mol. The SMILES string of the molecule is CCCCC(CC)C(=O)NC(C)c1ccc(S(N)(=O)=O)s1. The van der Waals surface area contributed by atoms with Crippen molar-refractivity contribution in [2.45, 2.75) is 56.7 Å². The van der Waals surface area contributed by atoms with Gasteiger partial charge in [-0.15, -0.1) is 11.3 Å². The molecule has 0 aliphatic heterocycles. The van der Waals surface area contributed by atoms with E-state index >= 15 is 0 Å². The summed E-state index contributed by atoms with van der Waals surface area (Å²) < 4.78 is 22.7. The third kappa shape index (κ3) is 5.41. The largest absolute Gasteiger partial charge is 0.349 e. The Morgan fingerprint density at radius 1 is 1.38 bits per heavy atom. The van der Waals surface area contributed by atoms with E-state index in [1.54, 1.807) is 6.07 Å². The highest BCUT2D eigenvalue weighted by Crippen LogP contribution is 2.26. The molecule has 0 bridgehead atoms. The van der Waals surface area contributed by atoms with Crippen molar-refractivity contribution in [3.63, 3.8) is 0 Å². The fraction of sp³-hybridized carbons (Fsp3) is 0.643. The number of unbranched alkanes of at least 4 members (excludes halogenated alkanes) is 1. The van der Waals surface area contributed by atoms with Gasteiger partial charge in [0.25, 0.3) is 0 Å².